The quantitative estimate of drug-likeness (QED) is 0.178. The van der Waals surface area contributed by atoms with Gasteiger partial charge in [-0.2, -0.15) is 0 Å². The van der Waals surface area contributed by atoms with Gasteiger partial charge in [0.1, 0.15) is 11.2 Å². The van der Waals surface area contributed by atoms with Gasteiger partial charge in [-0.25, -0.2) is 0 Å². The van der Waals surface area contributed by atoms with Crippen LogP contribution in [0.5, 0.6) is 0 Å². The van der Waals surface area contributed by atoms with Crippen LogP contribution in [0.2, 0.25) is 0 Å². The minimum absolute atomic E-state index is 0.907. The Labute approximate surface area is 284 Å². The Kier molecular flexibility index (Phi) is 6.25. The van der Waals surface area contributed by atoms with E-state index in [1.54, 1.807) is 0 Å². The molecule has 49 heavy (non-hydrogen) atoms. The van der Waals surface area contributed by atoms with E-state index in [1.807, 2.05) is 0 Å². The largest absolute Gasteiger partial charge is 0.455 e. The lowest BCUT2D eigenvalue weighted by Crippen LogP contribution is -1.92. The first-order valence-corrected chi connectivity index (χ1v) is 16.8. The van der Waals surface area contributed by atoms with Gasteiger partial charge >= 0.3 is 0 Å². The summed E-state index contributed by atoms with van der Waals surface area (Å²) >= 11 is 0. The third-order valence-corrected chi connectivity index (χ3v) is 10.0. The van der Waals surface area contributed by atoms with E-state index in [0.29, 0.717) is 0 Å². The first-order chi connectivity index (χ1) is 24.3. The highest BCUT2D eigenvalue weighted by molar-refractivity contribution is 6.27. The molecule has 0 atom stereocenters. The molecule has 0 saturated carbocycles. The fourth-order valence-electron chi connectivity index (χ4n) is 7.86. The average Bonchev–Trinajstić information content (AvgIpc) is 3.57. The van der Waals surface area contributed by atoms with Crippen LogP contribution in [-0.2, 0) is 0 Å². The van der Waals surface area contributed by atoms with Crippen molar-refractivity contribution >= 4 is 54.3 Å². The second-order valence-corrected chi connectivity index (χ2v) is 12.8. The minimum atomic E-state index is 0.907. The number of fused-ring (bicyclic) bond motifs is 7. The Morgan fingerprint density at radius 3 is 1.43 bits per heavy atom. The zero-order valence-electron chi connectivity index (χ0n) is 26.7. The Balaban J connectivity index is 1.31. The second kappa shape index (κ2) is 11.1. The van der Waals surface area contributed by atoms with Gasteiger partial charge in [0.05, 0.1) is 0 Å². The van der Waals surface area contributed by atoms with Gasteiger partial charge in [-0.3, -0.25) is 0 Å². The molecular weight excluding hydrogens is 593 g/mol. The monoisotopic (exact) mass is 622 g/mol. The normalized spacial score (nSPS) is 11.7. The van der Waals surface area contributed by atoms with Gasteiger partial charge < -0.3 is 4.42 Å². The minimum Gasteiger partial charge on any atom is -0.455 e. The van der Waals surface area contributed by atoms with Crippen LogP contribution in [0.15, 0.2) is 186 Å². The van der Waals surface area contributed by atoms with Crippen molar-refractivity contribution in [2.45, 2.75) is 0 Å². The Hall–Kier alpha value is -6.44. The van der Waals surface area contributed by atoms with E-state index in [2.05, 4.69) is 182 Å². The molecular formula is C48H30O. The van der Waals surface area contributed by atoms with Crippen LogP contribution in [0, 0.1) is 0 Å². The maximum atomic E-state index is 6.66. The van der Waals surface area contributed by atoms with Crippen LogP contribution in [0.4, 0.5) is 0 Å². The van der Waals surface area contributed by atoms with Crippen LogP contribution in [0.1, 0.15) is 0 Å². The highest BCUT2D eigenvalue weighted by Crippen LogP contribution is 2.48. The summed E-state index contributed by atoms with van der Waals surface area (Å²) < 4.78 is 6.66. The molecule has 0 saturated heterocycles. The highest BCUT2D eigenvalue weighted by Gasteiger charge is 2.21. The molecule has 1 aromatic heterocycles. The molecule has 1 nitrogen and oxygen atoms in total. The molecule has 9 aromatic carbocycles. The van der Waals surface area contributed by atoms with Crippen molar-refractivity contribution in [1.29, 1.82) is 0 Å². The third kappa shape index (κ3) is 4.40. The van der Waals surface area contributed by atoms with Gasteiger partial charge in [0.25, 0.3) is 0 Å². The van der Waals surface area contributed by atoms with E-state index in [1.165, 1.54) is 71.4 Å². The van der Waals surface area contributed by atoms with Crippen LogP contribution in [0.25, 0.3) is 98.8 Å². The topological polar surface area (TPSA) is 13.1 Å². The smallest absolute Gasteiger partial charge is 0.143 e. The molecule has 0 radical (unpaired) electrons. The fraction of sp³-hybridized carbons (Fsp3) is 0. The number of hydrogen-bond acceptors (Lipinski definition) is 1. The molecule has 0 aliphatic rings. The van der Waals surface area contributed by atoms with Gasteiger partial charge in [-0.05, 0) is 102 Å². The first-order valence-electron chi connectivity index (χ1n) is 16.8. The van der Waals surface area contributed by atoms with Gasteiger partial charge in [0.15, 0.2) is 0 Å². The molecule has 10 rings (SSSR count). The summed E-state index contributed by atoms with van der Waals surface area (Å²) in [6, 6.07) is 65.8. The zero-order chi connectivity index (χ0) is 32.3. The molecule has 1 heteroatoms. The molecule has 0 N–H and O–H groups in total. The summed E-state index contributed by atoms with van der Waals surface area (Å²) in [7, 11) is 0. The van der Waals surface area contributed by atoms with Crippen molar-refractivity contribution in [2.75, 3.05) is 0 Å². The average molecular weight is 623 g/mol. The van der Waals surface area contributed by atoms with Crippen LogP contribution in [0.3, 0.4) is 0 Å². The molecule has 228 valence electrons. The SMILES string of the molecule is c1ccc(-c2cc(-c3ccccc3)cc(-c3c4ccccc4c(-c4cccc5oc6c7ccccc7ccc6c45)c4ccccc34)c2)cc1. The van der Waals surface area contributed by atoms with Crippen molar-refractivity contribution < 1.29 is 4.42 Å². The zero-order valence-corrected chi connectivity index (χ0v) is 26.7. The van der Waals surface area contributed by atoms with E-state index >= 15 is 0 Å². The van der Waals surface area contributed by atoms with Gasteiger partial charge in [-0.15, -0.1) is 0 Å². The van der Waals surface area contributed by atoms with Crippen molar-refractivity contribution in [3.05, 3.63) is 182 Å². The van der Waals surface area contributed by atoms with Crippen molar-refractivity contribution in [3.8, 4) is 44.5 Å². The molecule has 0 aliphatic carbocycles. The Bertz CT molecular complexity index is 2750. The summed E-state index contributed by atoms with van der Waals surface area (Å²) in [5, 5.41) is 9.54. The summed E-state index contributed by atoms with van der Waals surface area (Å²) in [6.07, 6.45) is 0. The van der Waals surface area contributed by atoms with Crippen LogP contribution < -0.4 is 0 Å². The van der Waals surface area contributed by atoms with Crippen molar-refractivity contribution in [1.82, 2.24) is 0 Å². The predicted octanol–water partition coefficient (Wildman–Crippen LogP) is 13.7. The molecule has 0 bridgehead atoms. The predicted molar refractivity (Wildman–Crippen MR) is 208 cm³/mol. The molecule has 0 unspecified atom stereocenters. The van der Waals surface area contributed by atoms with E-state index in [4.69, 9.17) is 4.42 Å². The summed E-state index contributed by atoms with van der Waals surface area (Å²) in [4.78, 5) is 0. The standard InChI is InChI=1S/C48H30O/c1-3-14-31(15-4-1)34-28-35(32-16-5-2-6-17-32)30-36(29-34)45-38-20-9-11-22-40(38)46(41-23-12-10-21-39(41)45)42-24-13-25-44-47(42)43-27-26-33-18-7-8-19-37(33)48(43)49-44/h1-30H. The van der Waals surface area contributed by atoms with Crippen LogP contribution >= 0.6 is 0 Å². The Morgan fingerprint density at radius 2 is 0.816 bits per heavy atom. The molecule has 0 spiro atoms. The summed E-state index contributed by atoms with van der Waals surface area (Å²) in [6.45, 7) is 0. The lowest BCUT2D eigenvalue weighted by Gasteiger charge is -2.19. The number of benzene rings is 9. The van der Waals surface area contributed by atoms with E-state index in [0.717, 1.165) is 27.3 Å². The third-order valence-electron chi connectivity index (χ3n) is 10.0. The van der Waals surface area contributed by atoms with E-state index in [9.17, 15) is 0 Å². The number of furan rings is 1. The van der Waals surface area contributed by atoms with Crippen molar-refractivity contribution in [2.24, 2.45) is 0 Å². The first kappa shape index (κ1) is 27.7. The molecule has 1 heterocycles. The highest BCUT2D eigenvalue weighted by atomic mass is 16.3. The Morgan fingerprint density at radius 1 is 0.306 bits per heavy atom. The lowest BCUT2D eigenvalue weighted by molar-refractivity contribution is 0.673. The van der Waals surface area contributed by atoms with Crippen molar-refractivity contribution in [3.63, 3.8) is 0 Å². The van der Waals surface area contributed by atoms with Crippen LogP contribution in [-0.4, -0.2) is 0 Å². The molecule has 10 aromatic rings. The van der Waals surface area contributed by atoms with E-state index < -0.39 is 0 Å². The maximum absolute atomic E-state index is 6.66. The summed E-state index contributed by atoms with van der Waals surface area (Å²) in [5.74, 6) is 0. The van der Waals surface area contributed by atoms with Gasteiger partial charge in [-0.1, -0.05) is 152 Å². The fourth-order valence-corrected chi connectivity index (χ4v) is 7.86. The van der Waals surface area contributed by atoms with Gasteiger partial charge in [0, 0.05) is 16.2 Å². The maximum Gasteiger partial charge on any atom is 0.143 e. The van der Waals surface area contributed by atoms with E-state index in [-0.39, 0.29) is 0 Å². The molecule has 0 aliphatic heterocycles. The summed E-state index contributed by atoms with van der Waals surface area (Å²) in [5.41, 5.74) is 11.5. The molecule has 0 fully saturated rings. The number of hydrogen-bond donors (Lipinski definition) is 0. The van der Waals surface area contributed by atoms with Gasteiger partial charge in [0.2, 0.25) is 0 Å². The lowest BCUT2D eigenvalue weighted by atomic mass is 9.83. The second-order valence-electron chi connectivity index (χ2n) is 12.8. The number of rotatable bonds is 4. The molecule has 0 amide bonds.